The molecule has 100 valence electrons. The van der Waals surface area contributed by atoms with Gasteiger partial charge in [0.15, 0.2) is 9.84 Å². The molecule has 1 atom stereocenters. The second-order valence-electron chi connectivity index (χ2n) is 4.71. The highest BCUT2D eigenvalue weighted by Crippen LogP contribution is 2.34. The van der Waals surface area contributed by atoms with Gasteiger partial charge in [-0.3, -0.25) is 0 Å². The maximum atomic E-state index is 12.3. The number of anilines is 1. The first kappa shape index (κ1) is 13.4. The number of benzene rings is 1. The Kier molecular flexibility index (Phi) is 3.64. The van der Waals surface area contributed by atoms with Crippen LogP contribution < -0.4 is 4.90 Å². The van der Waals surface area contributed by atoms with Crippen LogP contribution in [-0.4, -0.2) is 39.0 Å². The Bertz CT molecular complexity index is 539. The molecule has 0 radical (unpaired) electrons. The molecule has 0 aliphatic carbocycles. The second kappa shape index (κ2) is 4.90. The Hall–Kier alpha value is -1.07. The molecule has 4 nitrogen and oxygen atoms in total. The largest absolute Gasteiger partial charge is 0.396 e. The van der Waals surface area contributed by atoms with Gasteiger partial charge in [-0.05, 0) is 30.5 Å². The predicted molar refractivity (Wildman–Crippen MR) is 71.8 cm³/mol. The molecule has 1 aliphatic heterocycles. The summed E-state index contributed by atoms with van der Waals surface area (Å²) in [5.41, 5.74) is 1.78. The summed E-state index contributed by atoms with van der Waals surface area (Å²) in [7, 11) is -1.34. The van der Waals surface area contributed by atoms with E-state index >= 15 is 0 Å². The van der Waals surface area contributed by atoms with Crippen molar-refractivity contribution in [1.29, 1.82) is 0 Å². The molecular formula is C13H19NO3S. The molecule has 1 N–H and O–H groups in total. The van der Waals surface area contributed by atoms with Crippen molar-refractivity contribution in [2.45, 2.75) is 30.7 Å². The number of aliphatic hydroxyl groups excluding tert-OH is 1. The van der Waals surface area contributed by atoms with Crippen molar-refractivity contribution in [3.05, 3.63) is 23.8 Å². The van der Waals surface area contributed by atoms with E-state index in [1.807, 2.05) is 31.0 Å². The van der Waals surface area contributed by atoms with E-state index in [0.717, 1.165) is 17.7 Å². The average Bonchev–Trinajstić information content (AvgIpc) is 2.35. The van der Waals surface area contributed by atoms with Crippen LogP contribution in [0, 0.1) is 0 Å². The number of fused-ring (bicyclic) bond motifs is 1. The lowest BCUT2D eigenvalue weighted by Crippen LogP contribution is -2.42. The number of nitrogens with zero attached hydrogens (tertiary/aromatic N) is 1. The van der Waals surface area contributed by atoms with Gasteiger partial charge in [-0.15, -0.1) is 0 Å². The van der Waals surface area contributed by atoms with Crippen LogP contribution in [0.2, 0.25) is 0 Å². The first-order chi connectivity index (χ1) is 8.49. The van der Waals surface area contributed by atoms with Crippen LogP contribution >= 0.6 is 0 Å². The molecule has 0 fully saturated rings. The van der Waals surface area contributed by atoms with Gasteiger partial charge in [-0.1, -0.05) is 13.0 Å². The number of hydrogen-bond donors (Lipinski definition) is 1. The molecule has 18 heavy (non-hydrogen) atoms. The SMILES string of the molecule is CCc1ccc2c(c1)S(=O)(=O)CC(CCO)N2C. The highest BCUT2D eigenvalue weighted by atomic mass is 32.2. The van der Waals surface area contributed by atoms with Crippen LogP contribution in [0.3, 0.4) is 0 Å². The molecule has 1 heterocycles. The summed E-state index contributed by atoms with van der Waals surface area (Å²) in [5.74, 6) is 0.0875. The van der Waals surface area contributed by atoms with Gasteiger partial charge in [0.25, 0.3) is 0 Å². The topological polar surface area (TPSA) is 57.6 Å². The zero-order valence-electron chi connectivity index (χ0n) is 10.8. The molecule has 1 aromatic rings. The minimum absolute atomic E-state index is 0.00685. The molecule has 0 aromatic heterocycles. The van der Waals surface area contributed by atoms with Crippen molar-refractivity contribution in [1.82, 2.24) is 0 Å². The molecule has 0 saturated carbocycles. The van der Waals surface area contributed by atoms with Gasteiger partial charge < -0.3 is 10.0 Å². The van der Waals surface area contributed by atoms with Crippen molar-refractivity contribution in [3.8, 4) is 0 Å². The van der Waals surface area contributed by atoms with Gasteiger partial charge in [-0.2, -0.15) is 0 Å². The van der Waals surface area contributed by atoms with Crippen molar-refractivity contribution >= 4 is 15.5 Å². The van der Waals surface area contributed by atoms with Crippen LogP contribution in [0.15, 0.2) is 23.1 Å². The van der Waals surface area contributed by atoms with E-state index in [0.29, 0.717) is 11.3 Å². The monoisotopic (exact) mass is 269 g/mol. The fourth-order valence-electron chi connectivity index (χ4n) is 2.40. The van der Waals surface area contributed by atoms with Crippen molar-refractivity contribution < 1.29 is 13.5 Å². The fraction of sp³-hybridized carbons (Fsp3) is 0.538. The lowest BCUT2D eigenvalue weighted by molar-refractivity contribution is 0.277. The zero-order valence-corrected chi connectivity index (χ0v) is 11.6. The number of rotatable bonds is 3. The zero-order chi connectivity index (χ0) is 13.3. The smallest absolute Gasteiger partial charge is 0.182 e. The van der Waals surface area contributed by atoms with E-state index < -0.39 is 9.84 Å². The van der Waals surface area contributed by atoms with Crippen LogP contribution in [0.4, 0.5) is 5.69 Å². The lowest BCUT2D eigenvalue weighted by atomic mass is 10.1. The van der Waals surface area contributed by atoms with Crippen molar-refractivity contribution in [3.63, 3.8) is 0 Å². The molecule has 5 heteroatoms. The highest BCUT2D eigenvalue weighted by Gasteiger charge is 2.33. The summed E-state index contributed by atoms with van der Waals surface area (Å²) >= 11 is 0. The molecule has 0 amide bonds. The average molecular weight is 269 g/mol. The number of sulfone groups is 1. The van der Waals surface area contributed by atoms with Crippen molar-refractivity contribution in [2.75, 3.05) is 24.3 Å². The summed E-state index contributed by atoms with van der Waals surface area (Å²) in [6, 6.07) is 5.47. The first-order valence-corrected chi connectivity index (χ1v) is 7.84. The van der Waals surface area contributed by atoms with E-state index in [1.165, 1.54) is 0 Å². The predicted octanol–water partition coefficient (Wildman–Crippen LogP) is 1.22. The number of aliphatic hydroxyl groups is 1. The molecule has 2 rings (SSSR count). The Balaban J connectivity index is 2.51. The molecule has 0 saturated heterocycles. The molecule has 1 aliphatic rings. The van der Waals surface area contributed by atoms with E-state index in [1.54, 1.807) is 6.07 Å². The third-order valence-electron chi connectivity index (χ3n) is 3.57. The normalized spacial score (nSPS) is 21.7. The van der Waals surface area contributed by atoms with Gasteiger partial charge in [0.1, 0.15) is 0 Å². The van der Waals surface area contributed by atoms with Crippen LogP contribution in [0.1, 0.15) is 18.9 Å². The number of hydrogen-bond acceptors (Lipinski definition) is 4. The molecule has 0 bridgehead atoms. The minimum Gasteiger partial charge on any atom is -0.396 e. The summed E-state index contributed by atoms with van der Waals surface area (Å²) in [6.45, 7) is 2.02. The summed E-state index contributed by atoms with van der Waals surface area (Å²) < 4.78 is 24.5. The van der Waals surface area contributed by atoms with E-state index in [4.69, 9.17) is 5.11 Å². The van der Waals surface area contributed by atoms with Crippen LogP contribution in [-0.2, 0) is 16.3 Å². The summed E-state index contributed by atoms with van der Waals surface area (Å²) in [4.78, 5) is 2.39. The number of aryl methyl sites for hydroxylation is 1. The fourth-order valence-corrected chi connectivity index (χ4v) is 4.33. The molecule has 0 spiro atoms. The lowest BCUT2D eigenvalue weighted by Gasteiger charge is -2.35. The standard InChI is InChI=1S/C13H19NO3S/c1-3-10-4-5-12-13(8-10)18(16,17)9-11(6-7-15)14(12)2/h4-5,8,11,15H,3,6-7,9H2,1-2H3. The Morgan fingerprint density at radius 3 is 2.78 bits per heavy atom. The highest BCUT2D eigenvalue weighted by molar-refractivity contribution is 7.91. The summed E-state index contributed by atoms with van der Waals surface area (Å²) in [5, 5.41) is 9.02. The van der Waals surface area contributed by atoms with E-state index in [-0.39, 0.29) is 18.4 Å². The molecule has 1 aromatic carbocycles. The Morgan fingerprint density at radius 1 is 1.44 bits per heavy atom. The maximum absolute atomic E-state index is 12.3. The Morgan fingerprint density at radius 2 is 2.17 bits per heavy atom. The van der Waals surface area contributed by atoms with Gasteiger partial charge in [0.2, 0.25) is 0 Å². The van der Waals surface area contributed by atoms with Gasteiger partial charge in [0.05, 0.1) is 16.3 Å². The third-order valence-corrected chi connectivity index (χ3v) is 5.39. The van der Waals surface area contributed by atoms with Crippen LogP contribution in [0.5, 0.6) is 0 Å². The Labute approximate surface area is 108 Å². The van der Waals surface area contributed by atoms with Gasteiger partial charge >= 0.3 is 0 Å². The maximum Gasteiger partial charge on any atom is 0.182 e. The van der Waals surface area contributed by atoms with Gasteiger partial charge in [-0.25, -0.2) is 8.42 Å². The molecule has 1 unspecified atom stereocenters. The van der Waals surface area contributed by atoms with E-state index in [9.17, 15) is 8.42 Å². The van der Waals surface area contributed by atoms with Crippen LogP contribution in [0.25, 0.3) is 0 Å². The quantitative estimate of drug-likeness (QED) is 0.896. The minimum atomic E-state index is -3.23. The second-order valence-corrected chi connectivity index (χ2v) is 6.72. The molecular weight excluding hydrogens is 250 g/mol. The first-order valence-electron chi connectivity index (χ1n) is 6.19. The van der Waals surface area contributed by atoms with Crippen molar-refractivity contribution in [2.24, 2.45) is 0 Å². The third kappa shape index (κ3) is 2.24. The van der Waals surface area contributed by atoms with E-state index in [2.05, 4.69) is 0 Å². The van der Waals surface area contributed by atoms with Gasteiger partial charge in [0, 0.05) is 19.7 Å². The summed E-state index contributed by atoms with van der Waals surface area (Å²) in [6.07, 6.45) is 1.30.